The molecular weight excluding hydrogens is 366 g/mol. The van der Waals surface area contributed by atoms with Gasteiger partial charge in [0.15, 0.2) is 0 Å². The summed E-state index contributed by atoms with van der Waals surface area (Å²) in [4.78, 5) is -0.662. The summed E-state index contributed by atoms with van der Waals surface area (Å²) >= 11 is 0. The number of ether oxygens (including phenoxy) is 1. The number of aliphatic hydroxyl groups excluding tert-OH is 1. The van der Waals surface area contributed by atoms with Gasteiger partial charge < -0.3 is 9.84 Å². The molecule has 0 fully saturated rings. The number of nitrogens with two attached hydrogens (primary N) is 1. The number of fused-ring (bicyclic) bond motifs is 1. The van der Waals surface area contributed by atoms with Crippen LogP contribution in [0, 0.1) is 11.6 Å². The van der Waals surface area contributed by atoms with Crippen molar-refractivity contribution in [1.82, 2.24) is 0 Å². The largest absolute Gasteiger partial charge is 0.457 e. The SMILES string of the molecule is NS(=O)(=O)c1ccc(Oc2cc(F)cc(F)c2)c2c1[C@H](O)C(F)(F)C2. The molecule has 3 N–H and O–H groups in total. The third-order valence-corrected chi connectivity index (χ3v) is 4.70. The van der Waals surface area contributed by atoms with E-state index in [1.807, 2.05) is 0 Å². The first-order chi connectivity index (χ1) is 11.5. The quantitative estimate of drug-likeness (QED) is 0.805. The van der Waals surface area contributed by atoms with Crippen LogP contribution in [0.5, 0.6) is 11.5 Å². The molecule has 134 valence electrons. The molecule has 2 aromatic rings. The number of primary sulfonamides is 1. The van der Waals surface area contributed by atoms with Gasteiger partial charge in [-0.2, -0.15) is 0 Å². The van der Waals surface area contributed by atoms with Crippen molar-refractivity contribution in [1.29, 1.82) is 0 Å². The summed E-state index contributed by atoms with van der Waals surface area (Å²) in [5, 5.41) is 14.8. The van der Waals surface area contributed by atoms with Crippen LogP contribution < -0.4 is 9.88 Å². The molecule has 0 unspecified atom stereocenters. The monoisotopic (exact) mass is 377 g/mol. The predicted molar refractivity (Wildman–Crippen MR) is 77.9 cm³/mol. The van der Waals surface area contributed by atoms with Gasteiger partial charge >= 0.3 is 0 Å². The van der Waals surface area contributed by atoms with Crippen molar-refractivity contribution in [2.45, 2.75) is 23.3 Å². The van der Waals surface area contributed by atoms with E-state index in [0.29, 0.717) is 6.07 Å². The maximum atomic E-state index is 13.9. The molecule has 0 amide bonds. The van der Waals surface area contributed by atoms with E-state index in [1.165, 1.54) is 0 Å². The van der Waals surface area contributed by atoms with Gasteiger partial charge in [-0.25, -0.2) is 31.1 Å². The second-order valence-electron chi connectivity index (χ2n) is 5.55. The van der Waals surface area contributed by atoms with E-state index in [0.717, 1.165) is 24.3 Å². The first kappa shape index (κ1) is 17.6. The smallest absolute Gasteiger partial charge is 0.281 e. The van der Waals surface area contributed by atoms with Gasteiger partial charge in [0.05, 0.1) is 4.90 Å². The lowest BCUT2D eigenvalue weighted by molar-refractivity contribution is -0.0976. The van der Waals surface area contributed by atoms with Crippen LogP contribution >= 0.6 is 0 Å². The van der Waals surface area contributed by atoms with Crippen molar-refractivity contribution >= 4 is 10.0 Å². The van der Waals surface area contributed by atoms with Gasteiger partial charge in [-0.1, -0.05) is 0 Å². The highest BCUT2D eigenvalue weighted by molar-refractivity contribution is 7.89. The van der Waals surface area contributed by atoms with Crippen molar-refractivity contribution in [3.8, 4) is 11.5 Å². The summed E-state index contributed by atoms with van der Waals surface area (Å²) in [5.41, 5.74) is -0.879. The molecule has 0 aromatic heterocycles. The van der Waals surface area contributed by atoms with Crippen LogP contribution in [0.25, 0.3) is 0 Å². The Labute approximate surface area is 139 Å². The zero-order valence-electron chi connectivity index (χ0n) is 12.3. The summed E-state index contributed by atoms with van der Waals surface area (Å²) in [6.07, 6.45) is -3.41. The molecule has 0 bridgehead atoms. The van der Waals surface area contributed by atoms with Crippen LogP contribution in [0.2, 0.25) is 0 Å². The van der Waals surface area contributed by atoms with Gasteiger partial charge in [0, 0.05) is 35.7 Å². The second-order valence-corrected chi connectivity index (χ2v) is 7.08. The first-order valence-electron chi connectivity index (χ1n) is 6.87. The lowest BCUT2D eigenvalue weighted by Crippen LogP contribution is -2.23. The molecule has 2 aromatic carbocycles. The number of aliphatic hydroxyl groups is 1. The highest BCUT2D eigenvalue weighted by atomic mass is 32.2. The average molecular weight is 377 g/mol. The topological polar surface area (TPSA) is 89.6 Å². The Morgan fingerprint density at radius 1 is 1.16 bits per heavy atom. The lowest BCUT2D eigenvalue weighted by Gasteiger charge is -2.15. The van der Waals surface area contributed by atoms with E-state index < -0.39 is 50.6 Å². The fraction of sp³-hybridized carbons (Fsp3) is 0.200. The third kappa shape index (κ3) is 3.20. The predicted octanol–water partition coefficient (Wildman–Crippen LogP) is 2.63. The minimum absolute atomic E-state index is 0.261. The summed E-state index contributed by atoms with van der Waals surface area (Å²) < 4.78 is 82.6. The number of benzene rings is 2. The molecular formula is C15H11F4NO4S. The van der Waals surface area contributed by atoms with E-state index in [4.69, 9.17) is 9.88 Å². The van der Waals surface area contributed by atoms with Crippen LogP contribution in [0.4, 0.5) is 17.6 Å². The second kappa shape index (κ2) is 5.68. The van der Waals surface area contributed by atoms with Crippen molar-refractivity contribution in [2.75, 3.05) is 0 Å². The van der Waals surface area contributed by atoms with Gasteiger partial charge in [0.1, 0.15) is 29.2 Å². The van der Waals surface area contributed by atoms with E-state index in [-0.39, 0.29) is 17.1 Å². The fourth-order valence-electron chi connectivity index (χ4n) is 2.71. The Balaban J connectivity index is 2.15. The maximum absolute atomic E-state index is 13.9. The number of alkyl halides is 2. The molecule has 0 spiro atoms. The summed E-state index contributed by atoms with van der Waals surface area (Å²) in [6, 6.07) is 4.18. The molecule has 0 saturated carbocycles. The Kier molecular flexibility index (Phi) is 4.01. The van der Waals surface area contributed by atoms with Crippen molar-refractivity contribution < 1.29 is 35.8 Å². The standard InChI is InChI=1S/C15H11F4NO4S/c16-7-3-8(17)5-9(4-7)24-11-1-2-12(25(20,22)23)13-10(11)6-15(18,19)14(13)21/h1-5,14,21H,6H2,(H2,20,22,23)/t14-/m0/s1. The minimum atomic E-state index is -4.38. The maximum Gasteiger partial charge on any atom is 0.281 e. The molecule has 1 aliphatic rings. The Bertz CT molecular complexity index is 942. The van der Waals surface area contributed by atoms with Crippen molar-refractivity contribution in [2.24, 2.45) is 5.14 Å². The number of rotatable bonds is 3. The minimum Gasteiger partial charge on any atom is -0.457 e. The first-order valence-corrected chi connectivity index (χ1v) is 8.42. The summed E-state index contributed by atoms with van der Waals surface area (Å²) in [7, 11) is -4.38. The molecule has 5 nitrogen and oxygen atoms in total. The number of halogens is 4. The highest BCUT2D eigenvalue weighted by Gasteiger charge is 2.50. The van der Waals surface area contributed by atoms with Crippen LogP contribution in [-0.2, 0) is 16.4 Å². The molecule has 0 heterocycles. The van der Waals surface area contributed by atoms with Crippen molar-refractivity contribution in [3.63, 3.8) is 0 Å². The summed E-state index contributed by atoms with van der Waals surface area (Å²) in [6.45, 7) is 0. The zero-order valence-corrected chi connectivity index (χ0v) is 13.2. The zero-order chi connectivity index (χ0) is 18.6. The molecule has 10 heteroatoms. The highest BCUT2D eigenvalue weighted by Crippen LogP contribution is 2.49. The molecule has 1 atom stereocenters. The van der Waals surface area contributed by atoms with Gasteiger partial charge in [0.25, 0.3) is 5.92 Å². The number of hydrogen-bond acceptors (Lipinski definition) is 4. The molecule has 25 heavy (non-hydrogen) atoms. The summed E-state index contributed by atoms with van der Waals surface area (Å²) in [5.74, 6) is -6.11. The molecule has 0 radical (unpaired) electrons. The van der Waals surface area contributed by atoms with Crippen LogP contribution in [0.3, 0.4) is 0 Å². The number of sulfonamides is 1. The van der Waals surface area contributed by atoms with Gasteiger partial charge in [-0.15, -0.1) is 0 Å². The Morgan fingerprint density at radius 3 is 2.32 bits per heavy atom. The van der Waals surface area contributed by atoms with Crippen LogP contribution in [0.15, 0.2) is 35.2 Å². The van der Waals surface area contributed by atoms with E-state index in [9.17, 15) is 31.1 Å². The third-order valence-electron chi connectivity index (χ3n) is 3.73. The Hall–Kier alpha value is -2.17. The van der Waals surface area contributed by atoms with E-state index >= 15 is 0 Å². The molecule has 0 aliphatic heterocycles. The average Bonchev–Trinajstić information content (AvgIpc) is 2.68. The van der Waals surface area contributed by atoms with Crippen LogP contribution in [0.1, 0.15) is 17.2 Å². The van der Waals surface area contributed by atoms with Gasteiger partial charge in [-0.05, 0) is 12.1 Å². The molecule has 0 saturated heterocycles. The van der Waals surface area contributed by atoms with Crippen LogP contribution in [-0.4, -0.2) is 19.4 Å². The van der Waals surface area contributed by atoms with Crippen molar-refractivity contribution in [3.05, 3.63) is 53.1 Å². The molecule has 1 aliphatic carbocycles. The van der Waals surface area contributed by atoms with E-state index in [1.54, 1.807) is 0 Å². The molecule has 3 rings (SSSR count). The van der Waals surface area contributed by atoms with E-state index in [2.05, 4.69) is 0 Å². The Morgan fingerprint density at radius 2 is 1.76 bits per heavy atom. The fourth-order valence-corrected chi connectivity index (χ4v) is 3.51. The van der Waals surface area contributed by atoms with Gasteiger partial charge in [0.2, 0.25) is 10.0 Å². The lowest BCUT2D eigenvalue weighted by atomic mass is 10.1. The van der Waals surface area contributed by atoms with Gasteiger partial charge in [-0.3, -0.25) is 0 Å². The number of hydrogen-bond donors (Lipinski definition) is 2. The normalized spacial score (nSPS) is 18.9.